The van der Waals surface area contributed by atoms with Gasteiger partial charge in [0.1, 0.15) is 19.0 Å². The lowest BCUT2D eigenvalue weighted by atomic mass is 9.83. The van der Waals surface area contributed by atoms with Crippen LogP contribution in [0.4, 0.5) is 0 Å². The second kappa shape index (κ2) is 8.36. The molecule has 4 rings (SSSR count). The van der Waals surface area contributed by atoms with E-state index < -0.39 is 5.97 Å². The highest BCUT2D eigenvalue weighted by molar-refractivity contribution is 6.41. The molecule has 0 N–H and O–H groups in total. The molecule has 3 aromatic rings. The van der Waals surface area contributed by atoms with E-state index in [1.807, 2.05) is 32.0 Å². The Balaban J connectivity index is 1.48. The predicted octanol–water partition coefficient (Wildman–Crippen LogP) is 4.97. The summed E-state index contributed by atoms with van der Waals surface area (Å²) >= 11 is 6.39. The van der Waals surface area contributed by atoms with Crippen molar-refractivity contribution in [3.05, 3.63) is 98.6 Å². The molecule has 0 spiro atoms. The maximum absolute atomic E-state index is 12.9. The monoisotopic (exact) mass is 434 g/mol. The molecule has 0 unspecified atom stereocenters. The summed E-state index contributed by atoms with van der Waals surface area (Å²) < 4.78 is 10.9. The number of fused-ring (bicyclic) bond motifs is 2. The van der Waals surface area contributed by atoms with E-state index in [4.69, 9.17) is 21.1 Å². The fourth-order valence-electron chi connectivity index (χ4n) is 3.69. The zero-order valence-corrected chi connectivity index (χ0v) is 17.8. The number of halogens is 1. The molecule has 0 saturated carbocycles. The molecule has 0 heterocycles. The lowest BCUT2D eigenvalue weighted by Gasteiger charge is -2.19. The first kappa shape index (κ1) is 20.8. The fourth-order valence-corrected chi connectivity index (χ4v) is 4.02. The molecular weight excluding hydrogens is 416 g/mol. The molecule has 3 aromatic carbocycles. The molecule has 1 aliphatic carbocycles. The van der Waals surface area contributed by atoms with Crippen LogP contribution < -0.4 is 4.74 Å². The quantitative estimate of drug-likeness (QED) is 0.327. The Bertz CT molecular complexity index is 1210. The number of esters is 1. The number of ether oxygens (including phenoxy) is 2. The number of carbonyl (C=O) groups is 3. The number of hydrogen-bond acceptors (Lipinski definition) is 5. The van der Waals surface area contributed by atoms with Gasteiger partial charge in [0.25, 0.3) is 0 Å². The van der Waals surface area contributed by atoms with Crippen LogP contribution >= 0.6 is 11.6 Å². The second-order valence-corrected chi connectivity index (χ2v) is 7.74. The highest BCUT2D eigenvalue weighted by Gasteiger charge is 2.33. The van der Waals surface area contributed by atoms with E-state index in [2.05, 4.69) is 0 Å². The van der Waals surface area contributed by atoms with Gasteiger partial charge in [-0.05, 0) is 49.2 Å². The van der Waals surface area contributed by atoms with Gasteiger partial charge in [0.2, 0.25) is 0 Å². The van der Waals surface area contributed by atoms with Gasteiger partial charge in [0.05, 0.1) is 16.1 Å². The van der Waals surface area contributed by atoms with Crippen molar-refractivity contribution >= 4 is 29.1 Å². The molecule has 0 saturated heterocycles. The number of rotatable bonds is 5. The van der Waals surface area contributed by atoms with E-state index in [1.54, 1.807) is 24.3 Å². The van der Waals surface area contributed by atoms with Crippen molar-refractivity contribution in [2.45, 2.75) is 13.8 Å². The lowest BCUT2D eigenvalue weighted by Crippen LogP contribution is -2.22. The summed E-state index contributed by atoms with van der Waals surface area (Å²) in [6.45, 7) is 4.13. The first-order chi connectivity index (χ1) is 14.9. The third-order valence-corrected chi connectivity index (χ3v) is 5.42. The van der Waals surface area contributed by atoms with Gasteiger partial charge in [-0.25, -0.2) is 4.79 Å². The van der Waals surface area contributed by atoms with Gasteiger partial charge in [0, 0.05) is 16.7 Å². The lowest BCUT2D eigenvalue weighted by molar-refractivity contribution is 0.0450. The molecule has 0 aromatic heterocycles. The number of benzene rings is 3. The topological polar surface area (TPSA) is 69.7 Å². The standard InChI is InChI=1S/C25H19ClO5/c1-14-11-15(2)13-16(12-14)30-9-10-31-25(29)20-8-7-19-21(22(20)26)24(28)18-6-4-3-5-17(18)23(19)27/h3-8,11-13H,9-10H2,1-2H3. The van der Waals surface area contributed by atoms with Crippen LogP contribution in [0.2, 0.25) is 5.02 Å². The molecule has 31 heavy (non-hydrogen) atoms. The minimum absolute atomic E-state index is 0.00888. The average molecular weight is 435 g/mol. The Morgan fingerprint density at radius 1 is 0.839 bits per heavy atom. The second-order valence-electron chi connectivity index (χ2n) is 7.36. The first-order valence-electron chi connectivity index (χ1n) is 9.76. The zero-order chi connectivity index (χ0) is 22.1. The third-order valence-electron chi connectivity index (χ3n) is 5.03. The normalized spacial score (nSPS) is 12.2. The van der Waals surface area contributed by atoms with E-state index in [0.717, 1.165) is 11.1 Å². The summed E-state index contributed by atoms with van der Waals surface area (Å²) in [4.78, 5) is 38.2. The molecule has 0 amide bonds. The Hall–Kier alpha value is -3.44. The van der Waals surface area contributed by atoms with E-state index >= 15 is 0 Å². The number of ketones is 2. The van der Waals surface area contributed by atoms with Crippen LogP contribution in [0.3, 0.4) is 0 Å². The van der Waals surface area contributed by atoms with Crippen LogP contribution in [-0.4, -0.2) is 30.7 Å². The molecule has 1 aliphatic rings. The molecule has 0 aliphatic heterocycles. The molecule has 0 bridgehead atoms. The van der Waals surface area contributed by atoms with Gasteiger partial charge >= 0.3 is 5.97 Å². The zero-order valence-electron chi connectivity index (χ0n) is 17.0. The van der Waals surface area contributed by atoms with Crippen molar-refractivity contribution in [2.75, 3.05) is 13.2 Å². The van der Waals surface area contributed by atoms with Gasteiger partial charge in [-0.15, -0.1) is 0 Å². The van der Waals surface area contributed by atoms with Gasteiger partial charge in [-0.1, -0.05) is 41.9 Å². The van der Waals surface area contributed by atoms with Crippen LogP contribution in [0.15, 0.2) is 54.6 Å². The predicted molar refractivity (Wildman–Crippen MR) is 116 cm³/mol. The van der Waals surface area contributed by atoms with Crippen molar-refractivity contribution in [3.63, 3.8) is 0 Å². The molecule has 0 fully saturated rings. The van der Waals surface area contributed by atoms with Gasteiger partial charge in [-0.2, -0.15) is 0 Å². The van der Waals surface area contributed by atoms with Crippen LogP contribution in [0.25, 0.3) is 0 Å². The number of hydrogen-bond donors (Lipinski definition) is 0. The Morgan fingerprint density at radius 3 is 2.16 bits per heavy atom. The Labute approximate surface area is 184 Å². The summed E-state index contributed by atoms with van der Waals surface area (Å²) in [6, 6.07) is 15.2. The van der Waals surface area contributed by atoms with Crippen LogP contribution in [0.1, 0.15) is 53.3 Å². The van der Waals surface area contributed by atoms with Crippen molar-refractivity contribution in [1.82, 2.24) is 0 Å². The van der Waals surface area contributed by atoms with Crippen molar-refractivity contribution < 1.29 is 23.9 Å². The van der Waals surface area contributed by atoms with Crippen molar-refractivity contribution in [3.8, 4) is 5.75 Å². The van der Waals surface area contributed by atoms with Gasteiger partial charge in [0.15, 0.2) is 11.6 Å². The van der Waals surface area contributed by atoms with Crippen LogP contribution in [-0.2, 0) is 4.74 Å². The van der Waals surface area contributed by atoms with E-state index in [1.165, 1.54) is 12.1 Å². The maximum Gasteiger partial charge on any atom is 0.339 e. The summed E-state index contributed by atoms with van der Waals surface area (Å²) in [5.74, 6) is -0.670. The van der Waals surface area contributed by atoms with Crippen LogP contribution in [0.5, 0.6) is 5.75 Å². The summed E-state index contributed by atoms with van der Waals surface area (Å²) in [5, 5.41) is -0.0782. The maximum atomic E-state index is 12.9. The summed E-state index contributed by atoms with van der Waals surface area (Å²) in [6.07, 6.45) is 0. The molecule has 0 atom stereocenters. The minimum atomic E-state index is -0.684. The average Bonchev–Trinajstić information content (AvgIpc) is 2.74. The van der Waals surface area contributed by atoms with E-state index in [9.17, 15) is 14.4 Å². The summed E-state index contributed by atoms with van der Waals surface area (Å²) in [7, 11) is 0. The van der Waals surface area contributed by atoms with Gasteiger partial charge < -0.3 is 9.47 Å². The molecular formula is C25H19ClO5. The Morgan fingerprint density at radius 2 is 1.48 bits per heavy atom. The molecule has 6 heteroatoms. The van der Waals surface area contributed by atoms with Crippen molar-refractivity contribution in [1.29, 1.82) is 0 Å². The Kier molecular flexibility index (Phi) is 5.61. The number of carbonyl (C=O) groups excluding carboxylic acids is 3. The third kappa shape index (κ3) is 3.97. The fraction of sp³-hybridized carbons (Fsp3) is 0.160. The van der Waals surface area contributed by atoms with Gasteiger partial charge in [-0.3, -0.25) is 9.59 Å². The van der Waals surface area contributed by atoms with E-state index in [-0.39, 0.29) is 52.1 Å². The molecule has 156 valence electrons. The SMILES string of the molecule is Cc1cc(C)cc(OCCOC(=O)c2ccc3c(c2Cl)C(=O)c2ccccc2C3=O)c1. The first-order valence-corrected chi connectivity index (χ1v) is 10.1. The number of aryl methyl sites for hydroxylation is 2. The van der Waals surface area contributed by atoms with Crippen molar-refractivity contribution in [2.24, 2.45) is 0 Å². The largest absolute Gasteiger partial charge is 0.490 e. The van der Waals surface area contributed by atoms with Crippen LogP contribution in [0, 0.1) is 13.8 Å². The molecule has 0 radical (unpaired) electrons. The molecule has 5 nitrogen and oxygen atoms in total. The highest BCUT2D eigenvalue weighted by Crippen LogP contribution is 2.34. The smallest absolute Gasteiger partial charge is 0.339 e. The highest BCUT2D eigenvalue weighted by atomic mass is 35.5. The minimum Gasteiger partial charge on any atom is -0.490 e. The van der Waals surface area contributed by atoms with E-state index in [0.29, 0.717) is 11.3 Å². The summed E-state index contributed by atoms with van der Waals surface area (Å²) in [5.41, 5.74) is 3.01.